The molecule has 0 aliphatic rings. The van der Waals surface area contributed by atoms with Gasteiger partial charge in [0.1, 0.15) is 5.82 Å². The molecule has 0 N–H and O–H groups in total. The number of halogens is 1. The van der Waals surface area contributed by atoms with Crippen molar-refractivity contribution in [2.24, 2.45) is 0 Å². The Morgan fingerprint density at radius 3 is 2.30 bits per heavy atom. The van der Waals surface area contributed by atoms with Crippen LogP contribution in [0.3, 0.4) is 0 Å². The van der Waals surface area contributed by atoms with Gasteiger partial charge in [0.25, 0.3) is 0 Å². The molecule has 0 fully saturated rings. The van der Waals surface area contributed by atoms with Crippen LogP contribution in [0, 0.1) is 5.82 Å². The van der Waals surface area contributed by atoms with Crippen LogP contribution in [0.25, 0.3) is 11.3 Å². The molecule has 3 aromatic rings. The van der Waals surface area contributed by atoms with E-state index in [0.717, 1.165) is 17.7 Å². The van der Waals surface area contributed by atoms with Crippen molar-refractivity contribution >= 4 is 0 Å². The van der Waals surface area contributed by atoms with Crippen LogP contribution in [0.5, 0.6) is 0 Å². The maximum atomic E-state index is 12.9. The third-order valence-electron chi connectivity index (χ3n) is 3.22. The predicted molar refractivity (Wildman–Crippen MR) is 78.9 cm³/mol. The normalized spacial score (nSPS) is 10.4. The molecule has 2 heteroatoms. The molecule has 1 aromatic heterocycles. The number of rotatable bonds is 3. The summed E-state index contributed by atoms with van der Waals surface area (Å²) in [5.74, 6) is -0.228. The van der Waals surface area contributed by atoms with Gasteiger partial charge in [0.2, 0.25) is 0 Å². The molecule has 0 unspecified atom stereocenters. The Labute approximate surface area is 117 Å². The minimum absolute atomic E-state index is 0.228. The number of pyridine rings is 1. The lowest BCUT2D eigenvalue weighted by atomic mass is 10.0. The van der Waals surface area contributed by atoms with E-state index in [9.17, 15) is 4.39 Å². The van der Waals surface area contributed by atoms with Gasteiger partial charge >= 0.3 is 0 Å². The zero-order valence-corrected chi connectivity index (χ0v) is 11.0. The van der Waals surface area contributed by atoms with Crippen molar-refractivity contribution in [1.29, 1.82) is 0 Å². The van der Waals surface area contributed by atoms with E-state index in [-0.39, 0.29) is 5.82 Å². The van der Waals surface area contributed by atoms with Crippen LogP contribution in [0.1, 0.15) is 11.1 Å². The standard InChI is InChI=1S/C18H14FN/c19-17-8-6-16(7-9-17)18-13-15(10-11-20-18)12-14-4-2-1-3-5-14/h1-11,13H,12H2. The molecule has 0 saturated heterocycles. The molecule has 0 saturated carbocycles. The third kappa shape index (κ3) is 2.91. The van der Waals surface area contributed by atoms with E-state index in [4.69, 9.17) is 0 Å². The number of nitrogens with zero attached hydrogens (tertiary/aromatic N) is 1. The Morgan fingerprint density at radius 1 is 0.800 bits per heavy atom. The Morgan fingerprint density at radius 2 is 1.55 bits per heavy atom. The minimum Gasteiger partial charge on any atom is -0.256 e. The first kappa shape index (κ1) is 12.5. The Balaban J connectivity index is 1.88. The first-order valence-electron chi connectivity index (χ1n) is 6.56. The monoisotopic (exact) mass is 263 g/mol. The van der Waals surface area contributed by atoms with Gasteiger partial charge in [-0.3, -0.25) is 4.98 Å². The second-order valence-corrected chi connectivity index (χ2v) is 4.72. The highest BCUT2D eigenvalue weighted by molar-refractivity contribution is 5.59. The second-order valence-electron chi connectivity index (χ2n) is 4.72. The van der Waals surface area contributed by atoms with Gasteiger partial charge in [-0.05, 0) is 53.9 Å². The van der Waals surface area contributed by atoms with Crippen LogP contribution in [0.2, 0.25) is 0 Å². The molecule has 0 amide bonds. The molecule has 0 aliphatic carbocycles. The highest BCUT2D eigenvalue weighted by Crippen LogP contribution is 2.19. The Kier molecular flexibility index (Phi) is 3.55. The fourth-order valence-electron chi connectivity index (χ4n) is 2.19. The predicted octanol–water partition coefficient (Wildman–Crippen LogP) is 4.48. The topological polar surface area (TPSA) is 12.9 Å². The molecular formula is C18H14FN. The van der Waals surface area contributed by atoms with Crippen molar-refractivity contribution in [3.05, 3.63) is 89.9 Å². The van der Waals surface area contributed by atoms with Crippen molar-refractivity contribution in [2.75, 3.05) is 0 Å². The van der Waals surface area contributed by atoms with Crippen molar-refractivity contribution in [2.45, 2.75) is 6.42 Å². The fraction of sp³-hybridized carbons (Fsp3) is 0.0556. The van der Waals surface area contributed by atoms with Gasteiger partial charge < -0.3 is 0 Å². The van der Waals surface area contributed by atoms with Crippen LogP contribution in [0.15, 0.2) is 72.9 Å². The van der Waals surface area contributed by atoms with Gasteiger partial charge in [-0.25, -0.2) is 4.39 Å². The van der Waals surface area contributed by atoms with Crippen molar-refractivity contribution < 1.29 is 4.39 Å². The summed E-state index contributed by atoms with van der Waals surface area (Å²) in [5, 5.41) is 0. The van der Waals surface area contributed by atoms with Gasteiger partial charge in [-0.2, -0.15) is 0 Å². The summed E-state index contributed by atoms with van der Waals surface area (Å²) < 4.78 is 12.9. The molecule has 0 atom stereocenters. The van der Waals surface area contributed by atoms with Gasteiger partial charge in [-0.15, -0.1) is 0 Å². The zero-order valence-electron chi connectivity index (χ0n) is 11.0. The van der Waals surface area contributed by atoms with Crippen molar-refractivity contribution in [3.8, 4) is 11.3 Å². The summed E-state index contributed by atoms with van der Waals surface area (Å²) in [5.41, 5.74) is 4.27. The van der Waals surface area contributed by atoms with Crippen LogP contribution >= 0.6 is 0 Å². The lowest BCUT2D eigenvalue weighted by Crippen LogP contribution is -1.91. The number of benzene rings is 2. The van der Waals surface area contributed by atoms with Crippen LogP contribution in [0.4, 0.5) is 4.39 Å². The maximum Gasteiger partial charge on any atom is 0.123 e. The molecule has 0 spiro atoms. The molecule has 0 bridgehead atoms. The molecule has 1 nitrogen and oxygen atoms in total. The molecule has 98 valence electrons. The van der Waals surface area contributed by atoms with Crippen LogP contribution < -0.4 is 0 Å². The molecule has 20 heavy (non-hydrogen) atoms. The number of hydrogen-bond donors (Lipinski definition) is 0. The summed E-state index contributed by atoms with van der Waals surface area (Å²) >= 11 is 0. The smallest absolute Gasteiger partial charge is 0.123 e. The third-order valence-corrected chi connectivity index (χ3v) is 3.22. The summed E-state index contributed by atoms with van der Waals surface area (Å²) in [4.78, 5) is 4.36. The maximum absolute atomic E-state index is 12.9. The summed E-state index contributed by atoms with van der Waals surface area (Å²) in [7, 11) is 0. The molecular weight excluding hydrogens is 249 g/mol. The van der Waals surface area contributed by atoms with Crippen LogP contribution in [-0.4, -0.2) is 4.98 Å². The largest absolute Gasteiger partial charge is 0.256 e. The lowest BCUT2D eigenvalue weighted by Gasteiger charge is -2.05. The second kappa shape index (κ2) is 5.66. The van der Waals surface area contributed by atoms with Gasteiger partial charge in [-0.1, -0.05) is 30.3 Å². The fourth-order valence-corrected chi connectivity index (χ4v) is 2.19. The van der Waals surface area contributed by atoms with Gasteiger partial charge in [0.05, 0.1) is 5.69 Å². The summed E-state index contributed by atoms with van der Waals surface area (Å²) in [6.45, 7) is 0. The first-order valence-corrected chi connectivity index (χ1v) is 6.56. The first-order chi connectivity index (χ1) is 9.81. The Hall–Kier alpha value is -2.48. The summed E-state index contributed by atoms with van der Waals surface area (Å²) in [6, 6.07) is 20.8. The zero-order chi connectivity index (χ0) is 13.8. The van der Waals surface area contributed by atoms with Crippen molar-refractivity contribution in [3.63, 3.8) is 0 Å². The van der Waals surface area contributed by atoms with Gasteiger partial charge in [0.15, 0.2) is 0 Å². The van der Waals surface area contributed by atoms with Crippen LogP contribution in [-0.2, 0) is 6.42 Å². The molecule has 0 radical (unpaired) electrons. The quantitative estimate of drug-likeness (QED) is 0.679. The Bertz CT molecular complexity index is 690. The molecule has 1 heterocycles. The van der Waals surface area contributed by atoms with E-state index in [2.05, 4.69) is 23.2 Å². The highest BCUT2D eigenvalue weighted by atomic mass is 19.1. The highest BCUT2D eigenvalue weighted by Gasteiger charge is 2.02. The van der Waals surface area contributed by atoms with E-state index in [0.29, 0.717) is 0 Å². The lowest BCUT2D eigenvalue weighted by molar-refractivity contribution is 0.628. The van der Waals surface area contributed by atoms with E-state index < -0.39 is 0 Å². The molecule has 2 aromatic carbocycles. The van der Waals surface area contributed by atoms with E-state index >= 15 is 0 Å². The van der Waals surface area contributed by atoms with E-state index in [1.807, 2.05) is 24.3 Å². The number of hydrogen-bond acceptors (Lipinski definition) is 1. The van der Waals surface area contributed by atoms with E-state index in [1.54, 1.807) is 18.3 Å². The number of aromatic nitrogens is 1. The molecule has 0 aliphatic heterocycles. The SMILES string of the molecule is Fc1ccc(-c2cc(Cc3ccccc3)ccn2)cc1. The minimum atomic E-state index is -0.228. The van der Waals surface area contributed by atoms with Crippen molar-refractivity contribution in [1.82, 2.24) is 4.98 Å². The average molecular weight is 263 g/mol. The average Bonchev–Trinajstić information content (AvgIpc) is 2.49. The van der Waals surface area contributed by atoms with E-state index in [1.165, 1.54) is 23.3 Å². The summed E-state index contributed by atoms with van der Waals surface area (Å²) in [6.07, 6.45) is 2.68. The van der Waals surface area contributed by atoms with Gasteiger partial charge in [0, 0.05) is 11.8 Å². The molecule has 3 rings (SSSR count).